The maximum atomic E-state index is 11.9. The topological polar surface area (TPSA) is 42.4 Å². The number of ether oxygens (including phenoxy) is 1. The van der Waals surface area contributed by atoms with Crippen molar-refractivity contribution in [3.8, 4) is 0 Å². The van der Waals surface area contributed by atoms with Gasteiger partial charge in [0.2, 0.25) is 0 Å². The summed E-state index contributed by atoms with van der Waals surface area (Å²) >= 11 is 3.25. The van der Waals surface area contributed by atoms with Crippen LogP contribution >= 0.6 is 15.9 Å². The lowest BCUT2D eigenvalue weighted by Crippen LogP contribution is -2.35. The van der Waals surface area contributed by atoms with Gasteiger partial charge in [0.25, 0.3) is 0 Å². The average molecular weight is 299 g/mol. The summed E-state index contributed by atoms with van der Waals surface area (Å²) in [5.74, 6) is -0.292. The molecular formula is C12H15BrN2O2. The van der Waals surface area contributed by atoms with Gasteiger partial charge in [-0.05, 0) is 48.0 Å². The second-order valence-corrected chi connectivity index (χ2v) is 5.00. The summed E-state index contributed by atoms with van der Waals surface area (Å²) in [5.41, 5.74) is 0.492. The highest BCUT2D eigenvalue weighted by molar-refractivity contribution is 9.10. The van der Waals surface area contributed by atoms with Crippen LogP contribution in [0.1, 0.15) is 23.2 Å². The minimum atomic E-state index is -0.292. The van der Waals surface area contributed by atoms with E-state index in [0.717, 1.165) is 25.9 Å². The number of nitrogens with zero attached hydrogens (tertiary/aromatic N) is 2. The van der Waals surface area contributed by atoms with Gasteiger partial charge < -0.3 is 9.64 Å². The molecule has 5 heteroatoms. The molecule has 0 N–H and O–H groups in total. The van der Waals surface area contributed by atoms with Crippen molar-refractivity contribution in [3.05, 3.63) is 28.5 Å². The molecule has 1 aromatic heterocycles. The SMILES string of the molecule is CN1CCC(OC(=O)c2cccnc2Br)CC1. The van der Waals surface area contributed by atoms with E-state index >= 15 is 0 Å². The maximum Gasteiger partial charge on any atom is 0.341 e. The van der Waals surface area contributed by atoms with Crippen LogP contribution < -0.4 is 0 Å². The minimum Gasteiger partial charge on any atom is -0.459 e. The van der Waals surface area contributed by atoms with Gasteiger partial charge in [0.15, 0.2) is 0 Å². The van der Waals surface area contributed by atoms with Crippen LogP contribution in [0, 0.1) is 0 Å². The van der Waals surface area contributed by atoms with Crippen molar-refractivity contribution in [2.45, 2.75) is 18.9 Å². The lowest BCUT2D eigenvalue weighted by Gasteiger charge is -2.28. The number of pyridine rings is 1. The van der Waals surface area contributed by atoms with Crippen molar-refractivity contribution in [1.82, 2.24) is 9.88 Å². The van der Waals surface area contributed by atoms with Gasteiger partial charge in [0, 0.05) is 19.3 Å². The molecule has 0 aliphatic carbocycles. The Balaban J connectivity index is 1.96. The highest BCUT2D eigenvalue weighted by Crippen LogP contribution is 2.18. The number of rotatable bonds is 2. The molecule has 0 amide bonds. The Morgan fingerprint density at radius 3 is 2.88 bits per heavy atom. The van der Waals surface area contributed by atoms with E-state index in [0.29, 0.717) is 10.2 Å². The summed E-state index contributed by atoms with van der Waals surface area (Å²) in [4.78, 5) is 18.2. The summed E-state index contributed by atoms with van der Waals surface area (Å²) in [5, 5.41) is 0. The molecule has 0 aromatic carbocycles. The van der Waals surface area contributed by atoms with Crippen LogP contribution in [0.25, 0.3) is 0 Å². The first-order valence-electron chi connectivity index (χ1n) is 5.67. The van der Waals surface area contributed by atoms with Crippen molar-refractivity contribution < 1.29 is 9.53 Å². The van der Waals surface area contributed by atoms with E-state index in [-0.39, 0.29) is 12.1 Å². The van der Waals surface area contributed by atoms with Crippen molar-refractivity contribution in [2.24, 2.45) is 0 Å². The van der Waals surface area contributed by atoms with Gasteiger partial charge in [-0.25, -0.2) is 9.78 Å². The number of halogens is 1. The molecule has 0 spiro atoms. The molecule has 92 valence electrons. The normalized spacial score (nSPS) is 18.0. The highest BCUT2D eigenvalue weighted by Gasteiger charge is 2.22. The molecule has 0 bridgehead atoms. The number of hydrogen-bond acceptors (Lipinski definition) is 4. The van der Waals surface area contributed by atoms with Crippen LogP contribution in [0.15, 0.2) is 22.9 Å². The lowest BCUT2D eigenvalue weighted by molar-refractivity contribution is 0.0138. The van der Waals surface area contributed by atoms with Crippen LogP contribution in [-0.2, 0) is 4.74 Å². The van der Waals surface area contributed by atoms with Crippen molar-refractivity contribution in [2.75, 3.05) is 20.1 Å². The first-order chi connectivity index (χ1) is 8.16. The van der Waals surface area contributed by atoms with Crippen molar-refractivity contribution in [3.63, 3.8) is 0 Å². The Hall–Kier alpha value is -0.940. The fourth-order valence-corrected chi connectivity index (χ4v) is 2.27. The van der Waals surface area contributed by atoms with E-state index in [2.05, 4.69) is 32.9 Å². The second-order valence-electron chi connectivity index (χ2n) is 4.25. The third kappa shape index (κ3) is 3.26. The molecule has 1 aliphatic heterocycles. The van der Waals surface area contributed by atoms with E-state index < -0.39 is 0 Å². The maximum absolute atomic E-state index is 11.9. The third-order valence-corrected chi connectivity index (χ3v) is 3.55. The van der Waals surface area contributed by atoms with Gasteiger partial charge in [-0.15, -0.1) is 0 Å². The first kappa shape index (κ1) is 12.5. The van der Waals surface area contributed by atoms with E-state index in [4.69, 9.17) is 4.74 Å². The lowest BCUT2D eigenvalue weighted by atomic mass is 10.1. The zero-order valence-corrected chi connectivity index (χ0v) is 11.3. The Morgan fingerprint density at radius 2 is 2.24 bits per heavy atom. The van der Waals surface area contributed by atoms with Gasteiger partial charge in [-0.2, -0.15) is 0 Å². The predicted octanol–water partition coefficient (Wildman–Crippen LogP) is 2.10. The van der Waals surface area contributed by atoms with Crippen LogP contribution in [0.5, 0.6) is 0 Å². The molecule has 17 heavy (non-hydrogen) atoms. The monoisotopic (exact) mass is 298 g/mol. The Morgan fingerprint density at radius 1 is 1.53 bits per heavy atom. The third-order valence-electron chi connectivity index (χ3n) is 2.92. The fraction of sp³-hybridized carbons (Fsp3) is 0.500. The summed E-state index contributed by atoms with van der Waals surface area (Å²) in [7, 11) is 2.08. The standard InChI is InChI=1S/C12H15BrN2O2/c1-15-7-4-9(5-8-15)17-12(16)10-3-2-6-14-11(10)13/h2-3,6,9H,4-5,7-8H2,1H3. The zero-order chi connectivity index (χ0) is 12.3. The number of carbonyl (C=O) groups is 1. The number of hydrogen-bond donors (Lipinski definition) is 0. The summed E-state index contributed by atoms with van der Waals surface area (Å²) in [6.07, 6.45) is 3.47. The van der Waals surface area contributed by atoms with Gasteiger partial charge in [0.05, 0.1) is 5.56 Å². The van der Waals surface area contributed by atoms with Crippen LogP contribution in [0.3, 0.4) is 0 Å². The molecule has 0 saturated carbocycles. The summed E-state index contributed by atoms with van der Waals surface area (Å²) in [6, 6.07) is 3.45. The molecule has 0 unspecified atom stereocenters. The van der Waals surface area contributed by atoms with Gasteiger partial charge >= 0.3 is 5.97 Å². The van der Waals surface area contributed by atoms with Gasteiger partial charge in [-0.1, -0.05) is 0 Å². The number of aromatic nitrogens is 1. The zero-order valence-electron chi connectivity index (χ0n) is 9.73. The van der Waals surface area contributed by atoms with Crippen LogP contribution in [-0.4, -0.2) is 42.1 Å². The van der Waals surface area contributed by atoms with E-state index in [9.17, 15) is 4.79 Å². The van der Waals surface area contributed by atoms with Gasteiger partial charge in [0.1, 0.15) is 10.7 Å². The Bertz CT molecular complexity index is 403. The van der Waals surface area contributed by atoms with E-state index in [1.807, 2.05) is 0 Å². The Labute approximate surface area is 109 Å². The summed E-state index contributed by atoms with van der Waals surface area (Å²) < 4.78 is 6.01. The number of carbonyl (C=O) groups excluding carboxylic acids is 1. The molecule has 0 radical (unpaired) electrons. The number of piperidine rings is 1. The first-order valence-corrected chi connectivity index (χ1v) is 6.46. The predicted molar refractivity (Wildman–Crippen MR) is 67.9 cm³/mol. The molecule has 2 rings (SSSR count). The second kappa shape index (κ2) is 5.60. The molecule has 1 aromatic rings. The molecule has 4 nitrogen and oxygen atoms in total. The van der Waals surface area contributed by atoms with Crippen molar-refractivity contribution in [1.29, 1.82) is 0 Å². The fourth-order valence-electron chi connectivity index (χ4n) is 1.86. The van der Waals surface area contributed by atoms with Crippen LogP contribution in [0.4, 0.5) is 0 Å². The largest absolute Gasteiger partial charge is 0.459 e. The molecule has 0 atom stereocenters. The minimum absolute atomic E-state index is 0.0332. The van der Waals surface area contributed by atoms with Crippen molar-refractivity contribution >= 4 is 21.9 Å². The quantitative estimate of drug-likeness (QED) is 0.619. The molecule has 2 heterocycles. The average Bonchev–Trinajstić information content (AvgIpc) is 2.32. The van der Waals surface area contributed by atoms with E-state index in [1.165, 1.54) is 0 Å². The Kier molecular flexibility index (Phi) is 4.12. The van der Waals surface area contributed by atoms with E-state index in [1.54, 1.807) is 18.3 Å². The smallest absolute Gasteiger partial charge is 0.341 e. The molecule has 1 saturated heterocycles. The number of likely N-dealkylation sites (tertiary alicyclic amines) is 1. The highest BCUT2D eigenvalue weighted by atomic mass is 79.9. The van der Waals surface area contributed by atoms with Crippen LogP contribution in [0.2, 0.25) is 0 Å². The number of esters is 1. The molecule has 1 aliphatic rings. The van der Waals surface area contributed by atoms with Gasteiger partial charge in [-0.3, -0.25) is 0 Å². The molecular weight excluding hydrogens is 284 g/mol. The summed E-state index contributed by atoms with van der Waals surface area (Å²) in [6.45, 7) is 1.96. The molecule has 1 fully saturated rings.